The van der Waals surface area contributed by atoms with E-state index in [1.165, 1.54) is 0 Å². The largest absolute Gasteiger partial charge is 0.487 e. The highest BCUT2D eigenvalue weighted by Crippen LogP contribution is 2.25. The van der Waals surface area contributed by atoms with Gasteiger partial charge in [-0.2, -0.15) is 0 Å². The van der Waals surface area contributed by atoms with E-state index >= 15 is 0 Å². The molecule has 0 heterocycles. The van der Waals surface area contributed by atoms with Crippen LogP contribution in [0.2, 0.25) is 0 Å². The minimum Gasteiger partial charge on any atom is -0.487 e. The van der Waals surface area contributed by atoms with Gasteiger partial charge in [-0.15, -0.1) is 0 Å². The number of hydrogen-bond donors (Lipinski definition) is 0. The molecular formula is C16H25O6. The number of rotatable bonds is 14. The van der Waals surface area contributed by atoms with Crippen LogP contribution in [-0.4, -0.2) is 67.1 Å². The van der Waals surface area contributed by atoms with Gasteiger partial charge in [-0.25, -0.2) is 0 Å². The molecule has 0 aliphatic carbocycles. The van der Waals surface area contributed by atoms with Crippen molar-refractivity contribution in [1.82, 2.24) is 0 Å². The van der Waals surface area contributed by atoms with E-state index in [0.29, 0.717) is 64.4 Å². The van der Waals surface area contributed by atoms with Crippen LogP contribution in [0.4, 0.5) is 0 Å². The van der Waals surface area contributed by atoms with Crippen LogP contribution in [0.1, 0.15) is 0 Å². The number of ether oxygens (including phenoxy) is 6. The van der Waals surface area contributed by atoms with Crippen molar-refractivity contribution in [2.45, 2.75) is 0 Å². The molecule has 22 heavy (non-hydrogen) atoms. The molecule has 1 aromatic carbocycles. The van der Waals surface area contributed by atoms with Crippen LogP contribution >= 0.6 is 0 Å². The Balaban J connectivity index is 2.20. The van der Waals surface area contributed by atoms with Crippen LogP contribution < -0.4 is 9.47 Å². The lowest BCUT2D eigenvalue weighted by Crippen LogP contribution is -2.12. The van der Waals surface area contributed by atoms with Crippen molar-refractivity contribution in [3.8, 4) is 11.5 Å². The Morgan fingerprint density at radius 1 is 0.727 bits per heavy atom. The minimum absolute atomic E-state index is 0.447. The molecule has 1 radical (unpaired) electrons. The summed E-state index contributed by atoms with van der Waals surface area (Å²) in [5.74, 6) is 1.32. The molecule has 0 saturated heterocycles. The molecule has 0 saturated carbocycles. The fraction of sp³-hybridized carbons (Fsp3) is 0.625. The summed E-state index contributed by atoms with van der Waals surface area (Å²) in [7, 11) is 3.28. The lowest BCUT2D eigenvalue weighted by molar-refractivity contribution is 0.0498. The summed E-state index contributed by atoms with van der Waals surface area (Å²) in [6, 6.07) is 8.31. The second-order valence-corrected chi connectivity index (χ2v) is 4.28. The molecule has 0 aromatic heterocycles. The molecule has 1 rings (SSSR count). The maximum atomic E-state index is 5.64. The molecule has 0 N–H and O–H groups in total. The summed E-state index contributed by atoms with van der Waals surface area (Å²) in [4.78, 5) is 0. The first-order valence-electron chi connectivity index (χ1n) is 7.27. The molecule has 0 spiro atoms. The maximum absolute atomic E-state index is 5.64. The van der Waals surface area contributed by atoms with E-state index < -0.39 is 0 Å². The van der Waals surface area contributed by atoms with Gasteiger partial charge in [0.1, 0.15) is 13.2 Å². The highest BCUT2D eigenvalue weighted by Gasteiger charge is 2.04. The normalized spacial score (nSPS) is 10.6. The van der Waals surface area contributed by atoms with E-state index in [4.69, 9.17) is 28.4 Å². The SMILES string of the molecule is COCCOCCOc1c[c]ccc1OCCOCCOC. The van der Waals surface area contributed by atoms with Crippen molar-refractivity contribution >= 4 is 0 Å². The van der Waals surface area contributed by atoms with E-state index in [-0.39, 0.29) is 0 Å². The molecule has 6 nitrogen and oxygen atoms in total. The molecule has 0 unspecified atom stereocenters. The fourth-order valence-electron chi connectivity index (χ4n) is 1.54. The highest BCUT2D eigenvalue weighted by molar-refractivity contribution is 5.38. The van der Waals surface area contributed by atoms with Gasteiger partial charge in [0.2, 0.25) is 0 Å². The Bertz CT molecular complexity index is 336. The summed E-state index contributed by atoms with van der Waals surface area (Å²) >= 11 is 0. The van der Waals surface area contributed by atoms with Gasteiger partial charge in [-0.3, -0.25) is 0 Å². The van der Waals surface area contributed by atoms with Gasteiger partial charge >= 0.3 is 0 Å². The summed E-state index contributed by atoms with van der Waals surface area (Å²) < 4.78 is 31.7. The van der Waals surface area contributed by atoms with Crippen molar-refractivity contribution < 1.29 is 28.4 Å². The zero-order valence-corrected chi connectivity index (χ0v) is 13.3. The fourth-order valence-corrected chi connectivity index (χ4v) is 1.54. The van der Waals surface area contributed by atoms with Crippen LogP contribution in [0.5, 0.6) is 11.5 Å². The Morgan fingerprint density at radius 3 is 1.86 bits per heavy atom. The van der Waals surface area contributed by atoms with Gasteiger partial charge in [0.15, 0.2) is 11.5 Å². The van der Waals surface area contributed by atoms with Crippen LogP contribution in [0, 0.1) is 6.07 Å². The molecule has 0 atom stereocenters. The third kappa shape index (κ3) is 8.84. The van der Waals surface area contributed by atoms with Crippen molar-refractivity contribution in [3.05, 3.63) is 24.3 Å². The molecule has 0 bridgehead atoms. The first-order valence-corrected chi connectivity index (χ1v) is 7.27. The third-order valence-corrected chi connectivity index (χ3v) is 2.62. The van der Waals surface area contributed by atoms with Crippen LogP contribution in [0.3, 0.4) is 0 Å². The van der Waals surface area contributed by atoms with Gasteiger partial charge < -0.3 is 28.4 Å². The van der Waals surface area contributed by atoms with Crippen LogP contribution in [0.15, 0.2) is 18.2 Å². The van der Waals surface area contributed by atoms with Crippen LogP contribution in [-0.2, 0) is 18.9 Å². The van der Waals surface area contributed by atoms with Crippen LogP contribution in [0.25, 0.3) is 0 Å². The summed E-state index contributed by atoms with van der Waals surface area (Å²) in [5, 5.41) is 0. The van der Waals surface area contributed by atoms with Crippen molar-refractivity contribution in [3.63, 3.8) is 0 Å². The maximum Gasteiger partial charge on any atom is 0.161 e. The van der Waals surface area contributed by atoms with Gasteiger partial charge in [0.05, 0.1) is 39.6 Å². The van der Waals surface area contributed by atoms with Gasteiger partial charge in [0.25, 0.3) is 0 Å². The molecule has 0 aliphatic heterocycles. The topological polar surface area (TPSA) is 55.4 Å². The Labute approximate surface area is 132 Å². The molecule has 0 fully saturated rings. The van der Waals surface area contributed by atoms with Gasteiger partial charge in [0, 0.05) is 14.2 Å². The minimum atomic E-state index is 0.447. The van der Waals surface area contributed by atoms with E-state index in [1.807, 2.05) is 6.07 Å². The zero-order chi connectivity index (χ0) is 15.9. The van der Waals surface area contributed by atoms with Gasteiger partial charge in [-0.1, -0.05) is 6.07 Å². The quantitative estimate of drug-likeness (QED) is 0.486. The molecule has 1 aromatic rings. The zero-order valence-electron chi connectivity index (χ0n) is 13.3. The summed E-state index contributed by atoms with van der Waals surface area (Å²) in [6.07, 6.45) is 0. The smallest absolute Gasteiger partial charge is 0.161 e. The number of hydrogen-bond acceptors (Lipinski definition) is 6. The molecular weight excluding hydrogens is 288 g/mol. The highest BCUT2D eigenvalue weighted by atomic mass is 16.6. The molecule has 0 aliphatic rings. The predicted molar refractivity (Wildman–Crippen MR) is 81.7 cm³/mol. The molecule has 6 heteroatoms. The summed E-state index contributed by atoms with van der Waals surface area (Å²) in [5.41, 5.74) is 0. The van der Waals surface area contributed by atoms with Crippen molar-refractivity contribution in [2.75, 3.05) is 67.1 Å². The number of benzene rings is 1. The van der Waals surface area contributed by atoms with Gasteiger partial charge in [-0.05, 0) is 18.2 Å². The van der Waals surface area contributed by atoms with E-state index in [1.54, 1.807) is 26.4 Å². The lowest BCUT2D eigenvalue weighted by Gasteiger charge is -2.12. The van der Waals surface area contributed by atoms with E-state index in [0.717, 1.165) is 0 Å². The monoisotopic (exact) mass is 313 g/mol. The number of methoxy groups -OCH3 is 2. The van der Waals surface area contributed by atoms with Crippen molar-refractivity contribution in [2.24, 2.45) is 0 Å². The Kier molecular flexibility index (Phi) is 11.3. The molecule has 0 amide bonds. The van der Waals surface area contributed by atoms with Crippen molar-refractivity contribution in [1.29, 1.82) is 0 Å². The van der Waals surface area contributed by atoms with E-state index in [2.05, 4.69) is 6.07 Å². The summed E-state index contributed by atoms with van der Waals surface area (Å²) in [6.45, 7) is 4.18. The Hall–Kier alpha value is -1.34. The average molecular weight is 313 g/mol. The first kappa shape index (κ1) is 18.7. The third-order valence-electron chi connectivity index (χ3n) is 2.62. The first-order chi connectivity index (χ1) is 10.9. The second kappa shape index (κ2) is 13.3. The lowest BCUT2D eigenvalue weighted by atomic mass is 10.3. The Morgan fingerprint density at radius 2 is 1.27 bits per heavy atom. The standard InChI is InChI=1S/C16H25O6/c1-17-7-9-19-11-13-21-15-5-3-4-6-16(15)22-14-12-20-10-8-18-2/h3,5-6H,7-14H2,1-2H3. The molecule has 125 valence electrons. The van der Waals surface area contributed by atoms with E-state index in [9.17, 15) is 0 Å². The second-order valence-electron chi connectivity index (χ2n) is 4.28. The predicted octanol–water partition coefficient (Wildman–Crippen LogP) is 1.57. The average Bonchev–Trinajstić information content (AvgIpc) is 2.55.